The minimum absolute atomic E-state index is 0.00307. The van der Waals surface area contributed by atoms with Crippen molar-refractivity contribution in [3.05, 3.63) is 41.2 Å². The van der Waals surface area contributed by atoms with Crippen LogP contribution in [0.2, 0.25) is 5.02 Å². The number of aromatic nitrogens is 4. The molecule has 7 rings (SSSR count). The zero-order valence-electron chi connectivity index (χ0n) is 25.2. The molecule has 224 valence electrons. The Bertz CT molecular complexity index is 1540. The number of aryl methyl sites for hydroxylation is 1. The average molecular weight is 592 g/mol. The number of ether oxygens (including phenoxy) is 1. The van der Waals surface area contributed by atoms with Crippen LogP contribution >= 0.6 is 11.6 Å². The number of carbonyl (C=O) groups is 1. The molecule has 42 heavy (non-hydrogen) atoms. The SMILES string of the molecule is C=CC(=O)N1CCC(n2nc(N3CCC(N4C[C@@H]5C[C@H]4CO5)CC3(C)C)c(-c3c(Cl)c(C)cc4[nH]ncc34)c2C)CC1. The van der Waals surface area contributed by atoms with Crippen LogP contribution in [0.5, 0.6) is 0 Å². The van der Waals surface area contributed by atoms with Gasteiger partial charge in [0, 0.05) is 66.0 Å². The monoisotopic (exact) mass is 591 g/mol. The van der Waals surface area contributed by atoms with Crippen molar-refractivity contribution in [2.75, 3.05) is 37.7 Å². The van der Waals surface area contributed by atoms with Crippen LogP contribution in [0, 0.1) is 13.8 Å². The smallest absolute Gasteiger partial charge is 0.245 e. The van der Waals surface area contributed by atoms with E-state index >= 15 is 0 Å². The number of aromatic amines is 1. The highest BCUT2D eigenvalue weighted by Crippen LogP contribution is 2.47. The molecule has 1 amide bonds. The van der Waals surface area contributed by atoms with Gasteiger partial charge < -0.3 is 14.5 Å². The zero-order chi connectivity index (χ0) is 29.3. The lowest BCUT2D eigenvalue weighted by molar-refractivity contribution is -0.127. The quantitative estimate of drug-likeness (QED) is 0.407. The number of anilines is 1. The molecule has 4 fully saturated rings. The number of nitrogens with zero attached hydrogens (tertiary/aromatic N) is 6. The molecule has 3 atom stereocenters. The van der Waals surface area contributed by atoms with Crippen LogP contribution in [0.3, 0.4) is 0 Å². The van der Waals surface area contributed by atoms with Crippen molar-refractivity contribution in [2.24, 2.45) is 0 Å². The molecule has 0 spiro atoms. The van der Waals surface area contributed by atoms with Gasteiger partial charge in [-0.2, -0.15) is 10.2 Å². The number of halogens is 1. The highest BCUT2D eigenvalue weighted by Gasteiger charge is 2.47. The van der Waals surface area contributed by atoms with Gasteiger partial charge in [0.15, 0.2) is 5.82 Å². The molecule has 4 aliphatic heterocycles. The van der Waals surface area contributed by atoms with Crippen molar-refractivity contribution in [3.8, 4) is 11.1 Å². The Morgan fingerprint density at radius 2 is 1.90 bits per heavy atom. The number of benzene rings is 1. The second-order valence-electron chi connectivity index (χ2n) is 13.4. The molecule has 1 N–H and O–H groups in total. The fourth-order valence-electron chi connectivity index (χ4n) is 8.17. The van der Waals surface area contributed by atoms with E-state index in [1.807, 2.05) is 11.1 Å². The van der Waals surface area contributed by atoms with Crippen molar-refractivity contribution in [3.63, 3.8) is 0 Å². The molecule has 9 nitrogen and oxygen atoms in total. The molecule has 0 aliphatic carbocycles. The third kappa shape index (κ3) is 4.47. The molecule has 0 saturated carbocycles. The van der Waals surface area contributed by atoms with Gasteiger partial charge in [-0.15, -0.1) is 0 Å². The van der Waals surface area contributed by atoms with E-state index in [4.69, 9.17) is 21.4 Å². The first-order valence-electron chi connectivity index (χ1n) is 15.4. The van der Waals surface area contributed by atoms with Crippen LogP contribution in [0.25, 0.3) is 22.0 Å². The molecule has 4 aliphatic rings. The Labute approximate surface area is 252 Å². The van der Waals surface area contributed by atoms with Crippen molar-refractivity contribution in [1.29, 1.82) is 0 Å². The number of piperidine rings is 2. The van der Waals surface area contributed by atoms with Crippen molar-refractivity contribution in [2.45, 2.75) is 89.6 Å². The normalized spacial score (nSPS) is 26.5. The summed E-state index contributed by atoms with van der Waals surface area (Å²) in [5.41, 5.74) is 5.11. The van der Waals surface area contributed by atoms with Gasteiger partial charge in [-0.05, 0) is 77.5 Å². The lowest BCUT2D eigenvalue weighted by Gasteiger charge is -2.49. The summed E-state index contributed by atoms with van der Waals surface area (Å²) < 4.78 is 8.14. The predicted octanol–water partition coefficient (Wildman–Crippen LogP) is 5.27. The van der Waals surface area contributed by atoms with Gasteiger partial charge in [0.1, 0.15) is 0 Å². The average Bonchev–Trinajstić information content (AvgIpc) is 3.78. The molecule has 2 bridgehead atoms. The van der Waals surface area contributed by atoms with Crippen LogP contribution < -0.4 is 4.90 Å². The van der Waals surface area contributed by atoms with Crippen molar-refractivity contribution >= 4 is 34.2 Å². The number of H-pyrrole nitrogens is 1. The van der Waals surface area contributed by atoms with Gasteiger partial charge in [-0.1, -0.05) is 18.2 Å². The third-order valence-electron chi connectivity index (χ3n) is 10.4. The zero-order valence-corrected chi connectivity index (χ0v) is 26.0. The molecule has 2 aromatic heterocycles. The van der Waals surface area contributed by atoms with Crippen LogP contribution in [0.4, 0.5) is 5.82 Å². The summed E-state index contributed by atoms with van der Waals surface area (Å²) in [6, 6.07) is 3.40. The molecule has 3 aromatic rings. The van der Waals surface area contributed by atoms with E-state index in [0.717, 1.165) is 89.5 Å². The summed E-state index contributed by atoms with van der Waals surface area (Å²) in [5.74, 6) is 1.00. The van der Waals surface area contributed by atoms with Gasteiger partial charge in [0.05, 0.1) is 35.5 Å². The highest BCUT2D eigenvalue weighted by molar-refractivity contribution is 6.36. The number of hydrogen-bond acceptors (Lipinski definition) is 6. The van der Waals surface area contributed by atoms with Crippen molar-refractivity contribution < 1.29 is 9.53 Å². The minimum atomic E-state index is -0.0997. The van der Waals surface area contributed by atoms with Crippen LogP contribution in [0.15, 0.2) is 24.9 Å². The number of rotatable bonds is 5. The molecule has 0 radical (unpaired) electrons. The standard InChI is InChI=1S/C32H42ClN7O2/c1-6-27(41)37-10-7-21(8-11-37)40-20(3)28(29-25-16-34-35-26(25)13-19(2)30(29)33)31(36-40)39-12-9-22(15-32(39,4)5)38-17-24-14-23(38)18-42-24/h6,13,16,21-24H,1,7-12,14-15,17-18H2,2-5H3,(H,34,35)/t22?,23-,24-/m0/s1. The summed E-state index contributed by atoms with van der Waals surface area (Å²) >= 11 is 7.16. The number of morpholine rings is 1. The second kappa shape index (κ2) is 10.4. The lowest BCUT2D eigenvalue weighted by Crippen LogP contribution is -2.57. The lowest BCUT2D eigenvalue weighted by atomic mass is 9.85. The summed E-state index contributed by atoms with van der Waals surface area (Å²) in [7, 11) is 0. The molecule has 1 unspecified atom stereocenters. The summed E-state index contributed by atoms with van der Waals surface area (Å²) in [6.45, 7) is 16.9. The summed E-state index contributed by atoms with van der Waals surface area (Å²) in [6.07, 6.45) is 8.78. The maximum absolute atomic E-state index is 12.3. The number of likely N-dealkylation sites (tertiary alicyclic amines) is 2. The third-order valence-corrected chi connectivity index (χ3v) is 10.8. The van der Waals surface area contributed by atoms with Gasteiger partial charge in [-0.25, -0.2) is 0 Å². The number of nitrogens with one attached hydrogen (secondary N) is 1. The highest BCUT2D eigenvalue weighted by atomic mass is 35.5. The summed E-state index contributed by atoms with van der Waals surface area (Å²) in [4.78, 5) is 19.4. The minimum Gasteiger partial charge on any atom is -0.375 e. The molecule has 1 aromatic carbocycles. The van der Waals surface area contributed by atoms with Crippen LogP contribution in [-0.2, 0) is 9.53 Å². The number of amides is 1. The maximum atomic E-state index is 12.3. The molecular weight excluding hydrogens is 550 g/mol. The van der Waals surface area contributed by atoms with Gasteiger partial charge in [0.2, 0.25) is 5.91 Å². The maximum Gasteiger partial charge on any atom is 0.245 e. The topological polar surface area (TPSA) is 82.5 Å². The Morgan fingerprint density at radius 1 is 1.14 bits per heavy atom. The predicted molar refractivity (Wildman–Crippen MR) is 166 cm³/mol. The molecule has 4 saturated heterocycles. The van der Waals surface area contributed by atoms with Gasteiger partial charge >= 0.3 is 0 Å². The fourth-order valence-corrected chi connectivity index (χ4v) is 8.42. The van der Waals surface area contributed by atoms with Crippen LogP contribution in [-0.4, -0.2) is 92.2 Å². The Balaban J connectivity index is 1.29. The number of carbonyl (C=O) groups excluding carboxylic acids is 1. The first-order chi connectivity index (χ1) is 20.2. The van der Waals surface area contributed by atoms with E-state index in [-0.39, 0.29) is 17.5 Å². The largest absolute Gasteiger partial charge is 0.375 e. The Hall–Kier alpha value is -2.88. The van der Waals surface area contributed by atoms with E-state index in [1.54, 1.807) is 0 Å². The Morgan fingerprint density at radius 3 is 2.57 bits per heavy atom. The Kier molecular flexibility index (Phi) is 6.90. The van der Waals surface area contributed by atoms with E-state index in [0.29, 0.717) is 31.3 Å². The second-order valence-corrected chi connectivity index (χ2v) is 13.7. The first-order valence-corrected chi connectivity index (χ1v) is 15.8. The van der Waals surface area contributed by atoms with Crippen LogP contribution in [0.1, 0.15) is 63.3 Å². The first kappa shape index (κ1) is 27.9. The molecule has 10 heteroatoms. The number of hydrogen-bond donors (Lipinski definition) is 1. The number of fused-ring (bicyclic) bond motifs is 3. The van der Waals surface area contributed by atoms with Crippen molar-refractivity contribution in [1.82, 2.24) is 29.8 Å². The van der Waals surface area contributed by atoms with E-state index in [2.05, 4.69) is 65.0 Å². The van der Waals surface area contributed by atoms with Gasteiger partial charge in [-0.3, -0.25) is 19.5 Å². The molecular formula is C32H42ClN7O2. The van der Waals surface area contributed by atoms with E-state index in [9.17, 15) is 4.79 Å². The fraction of sp³-hybridized carbons (Fsp3) is 0.594. The van der Waals surface area contributed by atoms with Gasteiger partial charge in [0.25, 0.3) is 0 Å². The van der Waals surface area contributed by atoms with E-state index < -0.39 is 0 Å². The summed E-state index contributed by atoms with van der Waals surface area (Å²) in [5, 5.41) is 14.8. The van der Waals surface area contributed by atoms with E-state index in [1.165, 1.54) is 12.5 Å². The molecule has 6 heterocycles.